The average molecular weight is 467 g/mol. The number of nitrogens with zero attached hydrogens (tertiary/aromatic N) is 5. The number of piperazine rings is 1. The van der Waals surface area contributed by atoms with Gasteiger partial charge in [0.15, 0.2) is 0 Å². The van der Waals surface area contributed by atoms with Crippen molar-refractivity contribution in [2.45, 2.75) is 25.3 Å². The highest BCUT2D eigenvalue weighted by atomic mass is 79.9. The van der Waals surface area contributed by atoms with Crippen LogP contribution < -0.4 is 9.64 Å². The lowest BCUT2D eigenvalue weighted by atomic mass is 10.0. The van der Waals surface area contributed by atoms with Crippen LogP contribution in [0.3, 0.4) is 0 Å². The van der Waals surface area contributed by atoms with Gasteiger partial charge in [-0.1, -0.05) is 15.9 Å². The van der Waals surface area contributed by atoms with Crippen LogP contribution >= 0.6 is 27.5 Å². The van der Waals surface area contributed by atoms with Gasteiger partial charge in [-0.25, -0.2) is 9.78 Å². The summed E-state index contributed by atoms with van der Waals surface area (Å²) in [5.74, 6) is 1.37. The standard InChI is InChI=1S/C18H17BrClN5O3/c19-12-8-13-14(15-11(12)2-1-7-28-15)16(23-17(20)22-13)24-5-6-25(18(26)27)10(9-24)3-4-21/h8,10H,1-3,5-7,9H2,(H,26,27). The molecule has 10 heteroatoms. The highest BCUT2D eigenvalue weighted by Gasteiger charge is 2.33. The lowest BCUT2D eigenvalue weighted by Gasteiger charge is -2.40. The summed E-state index contributed by atoms with van der Waals surface area (Å²) < 4.78 is 6.91. The lowest BCUT2D eigenvalue weighted by molar-refractivity contribution is 0.119. The van der Waals surface area contributed by atoms with Crippen molar-refractivity contribution in [2.24, 2.45) is 0 Å². The zero-order chi connectivity index (χ0) is 19.8. The number of ether oxygens (including phenoxy) is 1. The number of benzene rings is 1. The van der Waals surface area contributed by atoms with Gasteiger partial charge in [0, 0.05) is 29.7 Å². The summed E-state index contributed by atoms with van der Waals surface area (Å²) >= 11 is 9.79. The van der Waals surface area contributed by atoms with Crippen LogP contribution in [0, 0.1) is 11.3 Å². The van der Waals surface area contributed by atoms with Gasteiger partial charge in [-0.2, -0.15) is 10.2 Å². The number of halogens is 2. The largest absolute Gasteiger partial charge is 0.492 e. The molecule has 0 aliphatic carbocycles. The summed E-state index contributed by atoms with van der Waals surface area (Å²) in [6.45, 7) is 1.70. The van der Waals surface area contributed by atoms with Crippen molar-refractivity contribution in [1.82, 2.24) is 14.9 Å². The van der Waals surface area contributed by atoms with Crippen molar-refractivity contribution >= 4 is 50.3 Å². The molecule has 0 spiro atoms. The summed E-state index contributed by atoms with van der Waals surface area (Å²) in [6, 6.07) is 3.56. The summed E-state index contributed by atoms with van der Waals surface area (Å²) in [7, 11) is 0. The van der Waals surface area contributed by atoms with E-state index in [1.54, 1.807) is 0 Å². The fourth-order valence-corrected chi connectivity index (χ4v) is 4.62. The predicted octanol–water partition coefficient (Wildman–Crippen LogP) is 3.45. The second kappa shape index (κ2) is 7.60. The molecule has 0 bridgehead atoms. The molecule has 0 radical (unpaired) electrons. The third kappa shape index (κ3) is 3.31. The minimum atomic E-state index is -1.02. The molecule has 28 heavy (non-hydrogen) atoms. The van der Waals surface area contributed by atoms with E-state index in [0.29, 0.717) is 31.0 Å². The number of rotatable bonds is 2. The van der Waals surface area contributed by atoms with Crippen LogP contribution in [-0.4, -0.2) is 58.4 Å². The maximum Gasteiger partial charge on any atom is 0.407 e. The fraction of sp³-hybridized carbons (Fsp3) is 0.444. The fourth-order valence-electron chi connectivity index (χ4n) is 3.85. The van der Waals surface area contributed by atoms with E-state index in [2.05, 4.69) is 32.0 Å². The van der Waals surface area contributed by atoms with Crippen molar-refractivity contribution in [3.05, 3.63) is 21.4 Å². The quantitative estimate of drug-likeness (QED) is 0.676. The number of carboxylic acid groups (broad SMARTS) is 1. The molecule has 1 saturated heterocycles. The number of hydrogen-bond donors (Lipinski definition) is 1. The normalized spacial score (nSPS) is 19.1. The Labute approximate surface area is 174 Å². The van der Waals surface area contributed by atoms with E-state index in [1.165, 1.54) is 4.90 Å². The highest BCUT2D eigenvalue weighted by Crippen LogP contribution is 2.42. The van der Waals surface area contributed by atoms with Gasteiger partial charge in [-0.3, -0.25) is 0 Å². The molecular weight excluding hydrogens is 450 g/mol. The Hall–Kier alpha value is -2.31. The molecule has 1 unspecified atom stereocenters. The molecule has 0 saturated carbocycles. The molecule has 1 atom stereocenters. The van der Waals surface area contributed by atoms with Crippen LogP contribution in [0.15, 0.2) is 10.5 Å². The van der Waals surface area contributed by atoms with E-state index in [1.807, 2.05) is 11.0 Å². The first-order chi connectivity index (χ1) is 13.5. The van der Waals surface area contributed by atoms with E-state index >= 15 is 0 Å². The summed E-state index contributed by atoms with van der Waals surface area (Å²) in [6.07, 6.45) is 0.912. The Balaban J connectivity index is 1.82. The average Bonchev–Trinajstić information content (AvgIpc) is 2.67. The van der Waals surface area contributed by atoms with Crippen molar-refractivity contribution in [3.8, 4) is 11.8 Å². The number of aromatic nitrogens is 2. The molecule has 1 N–H and O–H groups in total. The Kier molecular flexibility index (Phi) is 5.17. The Morgan fingerprint density at radius 3 is 3.04 bits per heavy atom. The molecule has 8 nitrogen and oxygen atoms in total. The topological polar surface area (TPSA) is 103 Å². The van der Waals surface area contributed by atoms with Gasteiger partial charge in [0.1, 0.15) is 11.6 Å². The zero-order valence-electron chi connectivity index (χ0n) is 14.9. The van der Waals surface area contributed by atoms with Crippen LogP contribution in [0.5, 0.6) is 5.75 Å². The zero-order valence-corrected chi connectivity index (χ0v) is 17.2. The number of carbonyl (C=O) groups is 1. The molecule has 2 aliphatic rings. The van der Waals surface area contributed by atoms with E-state index < -0.39 is 12.1 Å². The second-order valence-corrected chi connectivity index (χ2v) is 7.96. The molecule has 3 heterocycles. The SMILES string of the molecule is N#CCC1CN(c2nc(Cl)nc3cc(Br)c4c(c23)OCCC4)CCN1C(=O)O. The van der Waals surface area contributed by atoms with Gasteiger partial charge in [0.2, 0.25) is 5.28 Å². The Morgan fingerprint density at radius 1 is 1.46 bits per heavy atom. The van der Waals surface area contributed by atoms with Crippen molar-refractivity contribution in [2.75, 3.05) is 31.1 Å². The molecule has 2 aliphatic heterocycles. The van der Waals surface area contributed by atoms with Crippen molar-refractivity contribution in [1.29, 1.82) is 5.26 Å². The van der Waals surface area contributed by atoms with Gasteiger partial charge in [-0.05, 0) is 30.5 Å². The first-order valence-electron chi connectivity index (χ1n) is 8.92. The summed E-state index contributed by atoms with van der Waals surface area (Å²) in [4.78, 5) is 23.6. The van der Waals surface area contributed by atoms with Gasteiger partial charge >= 0.3 is 6.09 Å². The highest BCUT2D eigenvalue weighted by molar-refractivity contribution is 9.10. The van der Waals surface area contributed by atoms with Crippen molar-refractivity contribution < 1.29 is 14.6 Å². The number of amides is 1. The molecule has 1 amide bonds. The van der Waals surface area contributed by atoms with Crippen LogP contribution in [-0.2, 0) is 6.42 Å². The minimum absolute atomic E-state index is 0.111. The first kappa shape index (κ1) is 19.0. The third-order valence-electron chi connectivity index (χ3n) is 5.12. The van der Waals surface area contributed by atoms with E-state index in [-0.39, 0.29) is 18.2 Å². The first-order valence-corrected chi connectivity index (χ1v) is 10.1. The predicted molar refractivity (Wildman–Crippen MR) is 107 cm³/mol. The summed E-state index contributed by atoms with van der Waals surface area (Å²) in [5, 5.41) is 19.4. The number of nitriles is 1. The molecule has 1 aromatic carbocycles. The van der Waals surface area contributed by atoms with Gasteiger partial charge in [0.25, 0.3) is 0 Å². The molecule has 146 valence electrons. The monoisotopic (exact) mass is 465 g/mol. The maximum atomic E-state index is 11.5. The summed E-state index contributed by atoms with van der Waals surface area (Å²) in [5.41, 5.74) is 1.74. The molecular formula is C18H17BrClN5O3. The molecule has 2 aromatic rings. The van der Waals surface area contributed by atoms with Gasteiger partial charge in [-0.15, -0.1) is 0 Å². The maximum absolute atomic E-state index is 11.5. The number of anilines is 1. The van der Waals surface area contributed by atoms with Crippen LogP contribution in [0.2, 0.25) is 5.28 Å². The Bertz CT molecular complexity index is 996. The number of fused-ring (bicyclic) bond motifs is 3. The minimum Gasteiger partial charge on any atom is -0.492 e. The van der Waals surface area contributed by atoms with Crippen LogP contribution in [0.4, 0.5) is 10.6 Å². The third-order valence-corrected chi connectivity index (χ3v) is 5.99. The van der Waals surface area contributed by atoms with E-state index in [9.17, 15) is 9.90 Å². The van der Waals surface area contributed by atoms with Crippen molar-refractivity contribution in [3.63, 3.8) is 0 Å². The lowest BCUT2D eigenvalue weighted by Crippen LogP contribution is -2.55. The number of hydrogen-bond acceptors (Lipinski definition) is 6. The molecule has 1 aromatic heterocycles. The second-order valence-electron chi connectivity index (χ2n) is 6.77. The van der Waals surface area contributed by atoms with Gasteiger partial charge < -0.3 is 19.6 Å². The van der Waals surface area contributed by atoms with Crippen LogP contribution in [0.25, 0.3) is 10.9 Å². The van der Waals surface area contributed by atoms with E-state index in [0.717, 1.165) is 34.0 Å². The van der Waals surface area contributed by atoms with Crippen LogP contribution in [0.1, 0.15) is 18.4 Å². The molecule has 1 fully saturated rings. The van der Waals surface area contributed by atoms with Gasteiger partial charge in [0.05, 0.1) is 36.0 Å². The molecule has 4 rings (SSSR count). The smallest absolute Gasteiger partial charge is 0.407 e. The Morgan fingerprint density at radius 2 is 2.29 bits per heavy atom. The van der Waals surface area contributed by atoms with E-state index in [4.69, 9.17) is 21.6 Å².